The van der Waals surface area contributed by atoms with Gasteiger partial charge < -0.3 is 9.64 Å². The van der Waals surface area contributed by atoms with Crippen LogP contribution in [0.3, 0.4) is 0 Å². The van der Waals surface area contributed by atoms with Crippen LogP contribution in [-0.4, -0.2) is 45.0 Å². The van der Waals surface area contributed by atoms with Crippen molar-refractivity contribution in [2.75, 3.05) is 13.2 Å². The molecule has 1 amide bonds. The number of benzene rings is 1. The number of carbonyl (C=O) groups excluding carboxylic acids is 1. The summed E-state index contributed by atoms with van der Waals surface area (Å²) < 4.78 is 18.8. The minimum Gasteiger partial charge on any atom is -0.477 e. The van der Waals surface area contributed by atoms with Crippen molar-refractivity contribution < 1.29 is 13.9 Å². The van der Waals surface area contributed by atoms with Crippen molar-refractivity contribution in [3.63, 3.8) is 0 Å². The topological polar surface area (TPSA) is 68.2 Å². The standard InChI is InChI=1S/C24H25FN4O2/c1-16-4-8-20(23-26-10-3-11-27-23)21(12-16)24(30)29-14-18(6-5-17(29)2)15-31-22-9-7-19(25)13-28-22/h3-4,7-13,17-18H,5-6,14-15H2,1-2H3/t17-,18+/m1/s1. The molecule has 0 aliphatic carbocycles. The largest absolute Gasteiger partial charge is 0.477 e. The molecule has 31 heavy (non-hydrogen) atoms. The zero-order valence-corrected chi connectivity index (χ0v) is 17.7. The summed E-state index contributed by atoms with van der Waals surface area (Å²) >= 11 is 0. The third-order valence-corrected chi connectivity index (χ3v) is 5.62. The van der Waals surface area contributed by atoms with E-state index in [2.05, 4.69) is 21.9 Å². The number of aryl methyl sites for hydroxylation is 1. The maximum Gasteiger partial charge on any atom is 0.254 e. The first-order valence-electron chi connectivity index (χ1n) is 10.4. The SMILES string of the molecule is Cc1ccc(-c2ncccn2)c(C(=O)N2C[C@@H](COc3ccc(F)cn3)CC[C@H]2C)c1. The molecule has 2 atom stereocenters. The van der Waals surface area contributed by atoms with E-state index >= 15 is 0 Å². The summed E-state index contributed by atoms with van der Waals surface area (Å²) in [6, 6.07) is 10.5. The summed E-state index contributed by atoms with van der Waals surface area (Å²) in [5.74, 6) is 0.682. The number of halogens is 1. The Hall–Kier alpha value is -3.35. The summed E-state index contributed by atoms with van der Waals surface area (Å²) in [7, 11) is 0. The summed E-state index contributed by atoms with van der Waals surface area (Å²) in [5, 5.41) is 0. The monoisotopic (exact) mass is 420 g/mol. The Morgan fingerprint density at radius 3 is 2.71 bits per heavy atom. The van der Waals surface area contributed by atoms with Gasteiger partial charge in [-0.2, -0.15) is 0 Å². The maximum absolute atomic E-state index is 13.6. The van der Waals surface area contributed by atoms with Crippen molar-refractivity contribution >= 4 is 5.91 Å². The highest BCUT2D eigenvalue weighted by Gasteiger charge is 2.31. The highest BCUT2D eigenvalue weighted by Crippen LogP contribution is 2.28. The molecule has 0 saturated carbocycles. The summed E-state index contributed by atoms with van der Waals surface area (Å²) in [6.07, 6.45) is 6.33. The van der Waals surface area contributed by atoms with E-state index in [1.54, 1.807) is 18.5 Å². The van der Waals surface area contributed by atoms with Crippen LogP contribution in [0.2, 0.25) is 0 Å². The Kier molecular flexibility index (Phi) is 6.21. The minimum atomic E-state index is -0.396. The van der Waals surface area contributed by atoms with Gasteiger partial charge >= 0.3 is 0 Å². The molecular formula is C24H25FN4O2. The average Bonchev–Trinajstić information content (AvgIpc) is 2.79. The molecule has 0 spiro atoms. The Balaban J connectivity index is 1.52. The molecule has 7 heteroatoms. The molecule has 0 bridgehead atoms. The summed E-state index contributed by atoms with van der Waals surface area (Å²) in [6.45, 7) is 5.06. The number of ether oxygens (including phenoxy) is 1. The van der Waals surface area contributed by atoms with Crippen molar-refractivity contribution in [2.24, 2.45) is 5.92 Å². The zero-order chi connectivity index (χ0) is 21.8. The lowest BCUT2D eigenvalue weighted by atomic mass is 9.92. The number of pyridine rings is 1. The van der Waals surface area contributed by atoms with Crippen molar-refractivity contribution in [1.82, 2.24) is 19.9 Å². The molecule has 1 saturated heterocycles. The number of piperidine rings is 1. The molecule has 1 aliphatic heterocycles. The number of nitrogens with zero attached hydrogens (tertiary/aromatic N) is 4. The van der Waals surface area contributed by atoms with Gasteiger partial charge in [0.2, 0.25) is 5.88 Å². The van der Waals surface area contributed by atoms with Crippen molar-refractivity contribution in [3.05, 3.63) is 71.9 Å². The van der Waals surface area contributed by atoms with Crippen LogP contribution < -0.4 is 4.74 Å². The number of likely N-dealkylation sites (tertiary alicyclic amines) is 1. The van der Waals surface area contributed by atoms with Crippen LogP contribution in [-0.2, 0) is 0 Å². The van der Waals surface area contributed by atoms with Gasteiger partial charge in [-0.05, 0) is 44.9 Å². The summed E-state index contributed by atoms with van der Waals surface area (Å²) in [4.78, 5) is 28.1. The van der Waals surface area contributed by atoms with E-state index < -0.39 is 5.82 Å². The fourth-order valence-electron chi connectivity index (χ4n) is 3.88. The van der Waals surface area contributed by atoms with E-state index in [4.69, 9.17) is 4.74 Å². The predicted octanol–water partition coefficient (Wildman–Crippen LogP) is 4.31. The van der Waals surface area contributed by atoms with Crippen LogP contribution in [0.1, 0.15) is 35.7 Å². The Morgan fingerprint density at radius 1 is 1.16 bits per heavy atom. The number of amides is 1. The van der Waals surface area contributed by atoms with Crippen LogP contribution in [0, 0.1) is 18.7 Å². The van der Waals surface area contributed by atoms with Gasteiger partial charge in [-0.15, -0.1) is 0 Å². The molecule has 1 aliphatic rings. The number of aromatic nitrogens is 3. The second kappa shape index (κ2) is 9.20. The molecule has 0 radical (unpaired) electrons. The lowest BCUT2D eigenvalue weighted by Crippen LogP contribution is -2.47. The second-order valence-electron chi connectivity index (χ2n) is 8.00. The molecule has 0 N–H and O–H groups in total. The van der Waals surface area contributed by atoms with Gasteiger partial charge in [-0.3, -0.25) is 4.79 Å². The molecule has 3 heterocycles. The number of hydrogen-bond acceptors (Lipinski definition) is 5. The Labute approximate surface area is 181 Å². The van der Waals surface area contributed by atoms with Gasteiger partial charge in [-0.1, -0.05) is 17.7 Å². The molecule has 1 fully saturated rings. The van der Waals surface area contributed by atoms with Crippen LogP contribution in [0.15, 0.2) is 55.0 Å². The normalized spacial score (nSPS) is 18.6. The van der Waals surface area contributed by atoms with Gasteiger partial charge in [0, 0.05) is 42.5 Å². The number of rotatable bonds is 5. The highest BCUT2D eigenvalue weighted by molar-refractivity contribution is 6.00. The molecule has 160 valence electrons. The molecular weight excluding hydrogens is 395 g/mol. The predicted molar refractivity (Wildman–Crippen MR) is 115 cm³/mol. The second-order valence-corrected chi connectivity index (χ2v) is 8.00. The molecule has 1 aromatic carbocycles. The van der Waals surface area contributed by atoms with Crippen LogP contribution in [0.25, 0.3) is 11.4 Å². The first kappa shape index (κ1) is 20.9. The van der Waals surface area contributed by atoms with E-state index in [0.717, 1.165) is 30.2 Å². The van der Waals surface area contributed by atoms with Crippen molar-refractivity contribution in [1.29, 1.82) is 0 Å². The van der Waals surface area contributed by atoms with Crippen molar-refractivity contribution in [3.8, 4) is 17.3 Å². The highest BCUT2D eigenvalue weighted by atomic mass is 19.1. The number of carbonyl (C=O) groups is 1. The van der Waals surface area contributed by atoms with E-state index in [-0.39, 0.29) is 17.9 Å². The smallest absolute Gasteiger partial charge is 0.254 e. The van der Waals surface area contributed by atoms with Gasteiger partial charge in [-0.25, -0.2) is 19.3 Å². The molecule has 0 unspecified atom stereocenters. The molecule has 4 rings (SSSR count). The van der Waals surface area contributed by atoms with Crippen molar-refractivity contribution in [2.45, 2.75) is 32.7 Å². The van der Waals surface area contributed by atoms with Gasteiger partial charge in [0.1, 0.15) is 5.82 Å². The molecule has 2 aromatic heterocycles. The first-order valence-corrected chi connectivity index (χ1v) is 10.4. The Morgan fingerprint density at radius 2 is 1.97 bits per heavy atom. The quantitative estimate of drug-likeness (QED) is 0.615. The fraction of sp³-hybridized carbons (Fsp3) is 0.333. The third-order valence-electron chi connectivity index (χ3n) is 5.62. The van der Waals surface area contributed by atoms with Gasteiger partial charge in [0.15, 0.2) is 5.82 Å². The van der Waals surface area contributed by atoms with E-state index in [0.29, 0.717) is 30.4 Å². The van der Waals surface area contributed by atoms with Gasteiger partial charge in [0.05, 0.1) is 18.4 Å². The Bertz CT molecular complexity index is 1040. The van der Waals surface area contributed by atoms with Gasteiger partial charge in [0.25, 0.3) is 5.91 Å². The lowest BCUT2D eigenvalue weighted by molar-refractivity contribution is 0.0503. The minimum absolute atomic E-state index is 0.0248. The van der Waals surface area contributed by atoms with E-state index in [1.807, 2.05) is 30.0 Å². The van der Waals surface area contributed by atoms with Crippen LogP contribution in [0.5, 0.6) is 5.88 Å². The van der Waals surface area contributed by atoms with E-state index in [9.17, 15) is 9.18 Å². The molecule has 3 aromatic rings. The molecule has 6 nitrogen and oxygen atoms in total. The van der Waals surface area contributed by atoms with Crippen LogP contribution in [0.4, 0.5) is 4.39 Å². The first-order chi connectivity index (χ1) is 15.0. The number of hydrogen-bond donors (Lipinski definition) is 0. The lowest BCUT2D eigenvalue weighted by Gasteiger charge is -2.38. The third kappa shape index (κ3) is 4.87. The van der Waals surface area contributed by atoms with E-state index in [1.165, 1.54) is 12.1 Å². The average molecular weight is 420 g/mol. The summed E-state index contributed by atoms with van der Waals surface area (Å²) in [5.41, 5.74) is 2.35. The fourth-order valence-corrected chi connectivity index (χ4v) is 3.88. The van der Waals surface area contributed by atoms with Crippen LogP contribution >= 0.6 is 0 Å². The zero-order valence-electron chi connectivity index (χ0n) is 17.7. The maximum atomic E-state index is 13.6.